The van der Waals surface area contributed by atoms with Crippen LogP contribution in [0.5, 0.6) is 0 Å². The molecule has 135 heavy (non-hydrogen) atoms. The van der Waals surface area contributed by atoms with Crippen LogP contribution in [0, 0.1) is 0 Å². The molecule has 0 saturated heterocycles. The highest BCUT2D eigenvalue weighted by atomic mass is 32.1. The summed E-state index contributed by atoms with van der Waals surface area (Å²) in [7, 11) is 0. The fraction of sp³-hybridized carbons (Fsp3) is 0. The van der Waals surface area contributed by atoms with Crippen molar-refractivity contribution in [1.29, 1.82) is 0 Å². The fourth-order valence-corrected chi connectivity index (χ4v) is 24.4. The minimum atomic E-state index is 0.892. The summed E-state index contributed by atoms with van der Waals surface area (Å²) in [5.41, 5.74) is 34.0. The molecule has 34 rings (SSSR count). The molecule has 15 heterocycles. The molecule has 0 fully saturated rings. The Hall–Kier alpha value is -18.2. The number of thiophene rings is 1. The normalized spacial score (nSPS) is 12.6. The van der Waals surface area contributed by atoms with E-state index in [0.717, 1.165) is 133 Å². The van der Waals surface area contributed by atoms with Crippen LogP contribution in [0.3, 0.4) is 0 Å². The molecule has 0 aliphatic carbocycles. The molecule has 0 aliphatic heterocycles. The highest BCUT2D eigenvalue weighted by Gasteiger charge is 2.29. The van der Waals surface area contributed by atoms with Crippen molar-refractivity contribution < 1.29 is 4.42 Å². The second-order valence-corrected chi connectivity index (χ2v) is 37.0. The molecule has 15 heteroatoms. The number of fused-ring (bicyclic) bond motifs is 39. The molecule has 622 valence electrons. The minimum Gasteiger partial charge on any atom is -0.456 e. The lowest BCUT2D eigenvalue weighted by Crippen LogP contribution is -1.96. The van der Waals surface area contributed by atoms with Gasteiger partial charge in [-0.3, -0.25) is 13.2 Å². The van der Waals surface area contributed by atoms with Gasteiger partial charge < -0.3 is 22.7 Å². The van der Waals surface area contributed by atoms with E-state index in [4.69, 9.17) is 34.3 Å². The lowest BCUT2D eigenvalue weighted by molar-refractivity contribution is 0.668. The van der Waals surface area contributed by atoms with Crippen molar-refractivity contribution in [2.75, 3.05) is 0 Å². The molecule has 0 N–H and O–H groups in total. The molecule has 34 aromatic rings. The summed E-state index contributed by atoms with van der Waals surface area (Å²) in [6.07, 6.45) is 0. The topological polar surface area (TPSA) is 123 Å². The number of furan rings is 1. The zero-order valence-corrected chi connectivity index (χ0v) is 72.5. The van der Waals surface area contributed by atoms with E-state index in [2.05, 4.69) is 341 Å². The van der Waals surface area contributed by atoms with Gasteiger partial charge in [-0.15, -0.1) is 11.3 Å². The Morgan fingerprint density at radius 3 is 0.926 bits per heavy atom. The molecule has 0 saturated carbocycles. The summed E-state index contributed by atoms with van der Waals surface area (Å²) in [6, 6.07) is 141. The predicted octanol–water partition coefficient (Wildman–Crippen LogP) is 31.0. The number of hydrogen-bond donors (Lipinski definition) is 0. The van der Waals surface area contributed by atoms with Crippen LogP contribution in [0.2, 0.25) is 0 Å². The van der Waals surface area contributed by atoms with Crippen LogP contribution in [0.25, 0.3) is 300 Å². The number of rotatable bonds is 4. The second-order valence-electron chi connectivity index (χ2n) is 35.9. The summed E-state index contributed by atoms with van der Waals surface area (Å²) in [4.78, 5) is 30.8. The van der Waals surface area contributed by atoms with E-state index in [0.29, 0.717) is 0 Å². The van der Waals surface area contributed by atoms with Crippen molar-refractivity contribution in [1.82, 2.24) is 61.4 Å². The SMILES string of the molecule is c1ccc(-n2c3ccccc3c3ccc(-n4c5ccccc5c5cc6c(cc54)c4cccc5c7nc8ccccc8nc7n6c45)cc32)cc1.c1ccc2nc3c(nc2c1)c1cccc2c4cc5c(cc4n3c21)c1ccccc1n5-c1ccc2c(c1)oc1ccccc12.c1ccc2nc3c(nc2c1)c1cccc2c4cc5c(cc4n3c21)c1ccccc1n5-c1ccc2c(c1)sc1ccccc12. The van der Waals surface area contributed by atoms with E-state index in [1.54, 1.807) is 0 Å². The van der Waals surface area contributed by atoms with Gasteiger partial charge in [-0.1, -0.05) is 231 Å². The maximum Gasteiger partial charge on any atom is 0.165 e. The Bertz CT molecular complexity index is 10800. The Morgan fingerprint density at radius 2 is 0.467 bits per heavy atom. The van der Waals surface area contributed by atoms with Crippen molar-refractivity contribution in [3.8, 4) is 22.7 Å². The van der Waals surface area contributed by atoms with Gasteiger partial charge in [0.25, 0.3) is 0 Å². The van der Waals surface area contributed by atoms with Gasteiger partial charge in [0.2, 0.25) is 0 Å². The summed E-state index contributed by atoms with van der Waals surface area (Å²) in [5, 5.41) is 25.5. The molecule has 14 nitrogen and oxygen atoms in total. The lowest BCUT2D eigenvalue weighted by atomic mass is 10.1. The zero-order chi connectivity index (χ0) is 87.4. The highest BCUT2D eigenvalue weighted by molar-refractivity contribution is 7.25. The molecule has 0 radical (unpaired) electrons. The van der Waals surface area contributed by atoms with Crippen molar-refractivity contribution in [3.05, 3.63) is 394 Å². The van der Waals surface area contributed by atoms with Gasteiger partial charge in [0.1, 0.15) is 27.7 Å². The molecular weight excluding hydrogens is 1670 g/mol. The summed E-state index contributed by atoms with van der Waals surface area (Å²) < 4.78 is 25.6. The quantitative estimate of drug-likeness (QED) is 0.172. The number of nitrogens with zero attached hydrogens (tertiary/aromatic N) is 13. The summed E-state index contributed by atoms with van der Waals surface area (Å²) >= 11 is 1.87. The highest BCUT2D eigenvalue weighted by Crippen LogP contribution is 2.50. The molecule has 0 spiro atoms. The molecule has 0 amide bonds. The average molecular weight is 1740 g/mol. The fourth-order valence-electron chi connectivity index (χ4n) is 23.3. The maximum atomic E-state index is 6.30. The van der Waals surface area contributed by atoms with Gasteiger partial charge in [0.15, 0.2) is 16.9 Å². The average Bonchev–Trinajstić information content (AvgIpc) is 1.53. The second kappa shape index (κ2) is 26.3. The Morgan fingerprint density at radius 1 is 0.170 bits per heavy atom. The van der Waals surface area contributed by atoms with Crippen LogP contribution in [-0.4, -0.2) is 61.4 Å². The smallest absolute Gasteiger partial charge is 0.165 e. The van der Waals surface area contributed by atoms with E-state index in [1.165, 1.54) is 167 Å². The van der Waals surface area contributed by atoms with E-state index in [-0.39, 0.29) is 0 Å². The first-order valence-electron chi connectivity index (χ1n) is 45.7. The van der Waals surface area contributed by atoms with Gasteiger partial charge in [-0.2, -0.15) is 0 Å². The summed E-state index contributed by atoms with van der Waals surface area (Å²) in [6.45, 7) is 0. The van der Waals surface area contributed by atoms with E-state index in [1.807, 2.05) is 96.3 Å². The zero-order valence-electron chi connectivity index (χ0n) is 71.7. The van der Waals surface area contributed by atoms with Crippen LogP contribution >= 0.6 is 11.3 Å². The number of benzene rings is 19. The van der Waals surface area contributed by atoms with Gasteiger partial charge in [0.05, 0.1) is 110 Å². The van der Waals surface area contributed by atoms with Crippen LogP contribution in [-0.2, 0) is 0 Å². The Kier molecular flexibility index (Phi) is 14.0. The van der Waals surface area contributed by atoms with Crippen molar-refractivity contribution in [3.63, 3.8) is 0 Å². The first kappa shape index (κ1) is 71.7. The van der Waals surface area contributed by atoms with Gasteiger partial charge in [-0.05, 0) is 158 Å². The molecule has 0 aliphatic rings. The third-order valence-electron chi connectivity index (χ3n) is 29.0. The monoisotopic (exact) mass is 1740 g/mol. The third kappa shape index (κ3) is 9.67. The molecule has 0 atom stereocenters. The van der Waals surface area contributed by atoms with Crippen LogP contribution in [0.1, 0.15) is 0 Å². The Balaban J connectivity index is 0.0000000931. The van der Waals surface area contributed by atoms with E-state index >= 15 is 0 Å². The molecule has 0 bridgehead atoms. The molecule has 0 unspecified atom stereocenters. The van der Waals surface area contributed by atoms with Gasteiger partial charge >= 0.3 is 0 Å². The van der Waals surface area contributed by atoms with Crippen LogP contribution < -0.4 is 0 Å². The first-order valence-corrected chi connectivity index (χ1v) is 46.5. The molecular formula is C120H65N13OS. The number of aromatic nitrogens is 13. The van der Waals surface area contributed by atoms with E-state index < -0.39 is 0 Å². The van der Waals surface area contributed by atoms with Crippen LogP contribution in [0.15, 0.2) is 399 Å². The molecule has 19 aromatic carbocycles. The van der Waals surface area contributed by atoms with Crippen molar-refractivity contribution >= 4 is 289 Å². The summed E-state index contributed by atoms with van der Waals surface area (Å²) in [5.74, 6) is 0. The van der Waals surface area contributed by atoms with Gasteiger partial charge in [-0.25, -0.2) is 29.9 Å². The largest absolute Gasteiger partial charge is 0.456 e. The lowest BCUT2D eigenvalue weighted by Gasteiger charge is -2.11. The number of para-hydroxylation sites is 15. The van der Waals surface area contributed by atoms with Crippen LogP contribution in [0.4, 0.5) is 0 Å². The molecule has 15 aromatic heterocycles. The van der Waals surface area contributed by atoms with Gasteiger partial charge in [0, 0.05) is 151 Å². The third-order valence-corrected chi connectivity index (χ3v) is 30.1. The number of hydrogen-bond acceptors (Lipinski definition) is 8. The maximum absolute atomic E-state index is 6.30. The van der Waals surface area contributed by atoms with Crippen molar-refractivity contribution in [2.24, 2.45) is 0 Å². The standard InChI is InChI=1S/C44H25N5.C38H20N4O.C38H20N4S/c1-2-11-26(12-3-1)47-37-19-8-4-13-28(37)30-22-21-27(23-39(30)47)48-38-20-9-5-14-29(38)33-24-41-34(25-40(33)48)31-15-10-16-32-42-44(49(41)43(31)32)46-36-18-7-6-17-35(36)45-42;2*1-5-14-31-22(8-1)27-19-33-28(20-32(27)41(31)21-16-17-24-23-9-2-6-15-34(23)43-35(24)18-21)25-10-7-11-26-36-38(42(33)37(25)26)40-30-13-4-3-12-29(30)39-36/h1-25H;2*1-20H. The predicted molar refractivity (Wildman–Crippen MR) is 560 cm³/mol. The Labute approximate surface area is 766 Å². The van der Waals surface area contributed by atoms with E-state index in [9.17, 15) is 0 Å². The van der Waals surface area contributed by atoms with Crippen molar-refractivity contribution in [2.45, 2.75) is 0 Å². The minimum absolute atomic E-state index is 0.892. The first-order chi connectivity index (χ1) is 66.9.